The Bertz CT molecular complexity index is 1000. The van der Waals surface area contributed by atoms with Gasteiger partial charge < -0.3 is 14.8 Å². The fourth-order valence-electron chi connectivity index (χ4n) is 3.65. The number of alkyl halides is 5. The molecule has 2 atom stereocenters. The Kier molecular flexibility index (Phi) is 10.00. The summed E-state index contributed by atoms with van der Waals surface area (Å²) < 4.78 is 75.1. The minimum Gasteiger partial charge on any atom is -0.406 e. The van der Waals surface area contributed by atoms with E-state index in [9.17, 15) is 31.5 Å². The number of carbonyl (C=O) groups excluding carboxylic acids is 2. The Morgan fingerprint density at radius 3 is 2.33 bits per heavy atom. The van der Waals surface area contributed by atoms with E-state index in [-0.39, 0.29) is 17.3 Å². The number of allylic oxidation sites excluding steroid dienone is 1. The Morgan fingerprint density at radius 1 is 1.28 bits per heavy atom. The number of rotatable bonds is 9. The van der Waals surface area contributed by atoms with Crippen molar-refractivity contribution in [2.45, 2.75) is 50.3 Å². The first-order chi connectivity index (χ1) is 16.8. The van der Waals surface area contributed by atoms with E-state index in [4.69, 9.17) is 16.3 Å². The quantitative estimate of drug-likeness (QED) is 0.209. The van der Waals surface area contributed by atoms with Crippen LogP contribution < -0.4 is 15.0 Å². The van der Waals surface area contributed by atoms with Crippen molar-refractivity contribution in [2.24, 2.45) is 4.99 Å². The maximum atomic E-state index is 14.2. The molecule has 1 N–H and O–H groups in total. The largest absolute Gasteiger partial charge is 0.573 e. The number of benzene rings is 1. The predicted octanol–water partition coefficient (Wildman–Crippen LogP) is 4.96. The molecule has 1 fully saturated rings. The molecule has 0 unspecified atom stereocenters. The summed E-state index contributed by atoms with van der Waals surface area (Å²) in [7, 11) is 0. The van der Waals surface area contributed by atoms with Gasteiger partial charge in [-0.1, -0.05) is 11.6 Å². The van der Waals surface area contributed by atoms with Gasteiger partial charge in [0.2, 0.25) is 0 Å². The van der Waals surface area contributed by atoms with Crippen molar-refractivity contribution < 1.29 is 41.0 Å². The number of nitrogens with one attached hydrogen (secondary N) is 1. The van der Waals surface area contributed by atoms with Crippen molar-refractivity contribution in [3.63, 3.8) is 0 Å². The average molecular weight is 538 g/mol. The number of amides is 2. The molecule has 0 bridgehead atoms. The number of hydrogen-bond donors (Lipinski definition) is 1. The average Bonchev–Trinajstić information content (AvgIpc) is 2.79. The Morgan fingerprint density at radius 2 is 1.86 bits per heavy atom. The standard InChI is InChI=1S/C23H25ClF5N3O4/c1-14(25)12-15(13-30-3)22(2,21(34)31-16-8-10-35-11-9-16)32(20(33)19(24)26)17-4-6-18(7-5-17)36-23(27,28)29/h4-7,12-13,16,19H,3,8-11H2,1-2H3,(H,31,34)/b14-12+,15-13+/t19-,22-/m0/s1. The molecule has 1 heterocycles. The zero-order valence-corrected chi connectivity index (χ0v) is 20.2. The van der Waals surface area contributed by atoms with E-state index in [1.165, 1.54) is 6.92 Å². The lowest BCUT2D eigenvalue weighted by Crippen LogP contribution is -2.63. The molecular formula is C23H25ClF5N3O4. The summed E-state index contributed by atoms with van der Waals surface area (Å²) in [5, 5.41) is 2.75. The zero-order valence-electron chi connectivity index (χ0n) is 19.4. The van der Waals surface area contributed by atoms with Crippen LogP contribution in [0.5, 0.6) is 5.75 Å². The van der Waals surface area contributed by atoms with Gasteiger partial charge in [-0.15, -0.1) is 13.2 Å². The maximum absolute atomic E-state index is 14.2. The fourth-order valence-corrected chi connectivity index (χ4v) is 3.74. The van der Waals surface area contributed by atoms with Crippen molar-refractivity contribution in [3.05, 3.63) is 47.9 Å². The molecule has 1 saturated heterocycles. The van der Waals surface area contributed by atoms with Crippen LogP contribution >= 0.6 is 11.6 Å². The first kappa shape index (κ1) is 29.2. The second-order valence-corrected chi connectivity index (χ2v) is 8.33. The van der Waals surface area contributed by atoms with Gasteiger partial charge in [0.15, 0.2) is 5.54 Å². The van der Waals surface area contributed by atoms with E-state index < -0.39 is 40.9 Å². The summed E-state index contributed by atoms with van der Waals surface area (Å²) in [6.45, 7) is 6.30. The molecule has 1 aromatic rings. The molecule has 13 heteroatoms. The highest BCUT2D eigenvalue weighted by Crippen LogP contribution is 2.36. The molecule has 7 nitrogen and oxygen atoms in total. The number of anilines is 1. The van der Waals surface area contributed by atoms with Crippen LogP contribution in [-0.2, 0) is 14.3 Å². The number of hydrogen-bond acceptors (Lipinski definition) is 5. The Labute approximate surface area is 209 Å². The van der Waals surface area contributed by atoms with Gasteiger partial charge in [0.1, 0.15) is 5.75 Å². The van der Waals surface area contributed by atoms with Crippen molar-refractivity contribution in [1.82, 2.24) is 5.32 Å². The molecule has 1 aromatic carbocycles. The van der Waals surface area contributed by atoms with Crippen LogP contribution in [0.1, 0.15) is 26.7 Å². The van der Waals surface area contributed by atoms with Crippen molar-refractivity contribution in [3.8, 4) is 5.75 Å². The van der Waals surface area contributed by atoms with Crippen molar-refractivity contribution >= 4 is 35.8 Å². The summed E-state index contributed by atoms with van der Waals surface area (Å²) in [5.41, 5.74) is -5.25. The highest BCUT2D eigenvalue weighted by Gasteiger charge is 2.48. The van der Waals surface area contributed by atoms with E-state index in [0.717, 1.165) is 43.5 Å². The van der Waals surface area contributed by atoms with Crippen LogP contribution in [0.4, 0.5) is 27.6 Å². The zero-order chi connectivity index (χ0) is 27.1. The fraction of sp³-hybridized carbons (Fsp3) is 0.435. The number of halogens is 6. The lowest BCUT2D eigenvalue weighted by Gasteiger charge is -2.42. The summed E-state index contributed by atoms with van der Waals surface area (Å²) in [6.07, 6.45) is -2.19. The lowest BCUT2D eigenvalue weighted by molar-refractivity contribution is -0.274. The van der Waals surface area contributed by atoms with E-state index in [1.54, 1.807) is 0 Å². The van der Waals surface area contributed by atoms with Gasteiger partial charge in [-0.2, -0.15) is 0 Å². The topological polar surface area (TPSA) is 80.2 Å². The van der Waals surface area contributed by atoms with Crippen LogP contribution in [0.3, 0.4) is 0 Å². The highest BCUT2D eigenvalue weighted by molar-refractivity contribution is 6.32. The van der Waals surface area contributed by atoms with Crippen LogP contribution in [0.2, 0.25) is 0 Å². The molecule has 2 rings (SSSR count). The first-order valence-electron chi connectivity index (χ1n) is 10.7. The maximum Gasteiger partial charge on any atom is 0.573 e. The summed E-state index contributed by atoms with van der Waals surface area (Å²) in [5.74, 6) is -3.68. The summed E-state index contributed by atoms with van der Waals surface area (Å²) in [6, 6.07) is 3.36. The molecule has 198 valence electrons. The normalized spacial score (nSPS) is 18.1. The van der Waals surface area contributed by atoms with E-state index >= 15 is 0 Å². The number of ether oxygens (including phenoxy) is 2. The summed E-state index contributed by atoms with van der Waals surface area (Å²) >= 11 is 5.46. The van der Waals surface area contributed by atoms with Gasteiger partial charge in [0, 0.05) is 36.7 Å². The second kappa shape index (κ2) is 12.3. The van der Waals surface area contributed by atoms with E-state index in [0.29, 0.717) is 31.0 Å². The van der Waals surface area contributed by atoms with E-state index in [2.05, 4.69) is 21.8 Å². The van der Waals surface area contributed by atoms with Crippen LogP contribution in [-0.4, -0.2) is 55.3 Å². The number of aliphatic imine (C=N–C) groups is 1. The smallest absolute Gasteiger partial charge is 0.406 e. The van der Waals surface area contributed by atoms with Gasteiger partial charge in [0.05, 0.1) is 5.83 Å². The van der Waals surface area contributed by atoms with Gasteiger partial charge in [0.25, 0.3) is 17.4 Å². The molecule has 2 amide bonds. The molecule has 1 aliphatic heterocycles. The van der Waals surface area contributed by atoms with Crippen molar-refractivity contribution in [1.29, 1.82) is 0 Å². The molecule has 36 heavy (non-hydrogen) atoms. The third-order valence-electron chi connectivity index (χ3n) is 5.33. The van der Waals surface area contributed by atoms with Crippen LogP contribution in [0.15, 0.2) is 52.9 Å². The first-order valence-corrected chi connectivity index (χ1v) is 11.1. The summed E-state index contributed by atoms with van der Waals surface area (Å²) in [4.78, 5) is 30.9. The van der Waals surface area contributed by atoms with Gasteiger partial charge in [-0.05, 0) is 63.7 Å². The number of nitrogens with zero attached hydrogens (tertiary/aromatic N) is 2. The highest BCUT2D eigenvalue weighted by atomic mass is 35.5. The molecule has 0 radical (unpaired) electrons. The van der Waals surface area contributed by atoms with Crippen molar-refractivity contribution in [2.75, 3.05) is 18.1 Å². The monoisotopic (exact) mass is 537 g/mol. The predicted molar refractivity (Wildman–Crippen MR) is 124 cm³/mol. The minimum atomic E-state index is -4.98. The van der Waals surface area contributed by atoms with Gasteiger partial charge in [-0.25, -0.2) is 8.78 Å². The second-order valence-electron chi connectivity index (χ2n) is 7.95. The Hall–Kier alpha value is -2.99. The van der Waals surface area contributed by atoms with E-state index in [1.807, 2.05) is 0 Å². The molecule has 0 spiro atoms. The molecule has 1 aliphatic rings. The molecule has 0 aromatic heterocycles. The minimum absolute atomic E-state index is 0.205. The molecule has 0 aliphatic carbocycles. The third-order valence-corrected chi connectivity index (χ3v) is 5.51. The third kappa shape index (κ3) is 7.50. The van der Waals surface area contributed by atoms with Gasteiger partial charge >= 0.3 is 6.36 Å². The van der Waals surface area contributed by atoms with Gasteiger partial charge in [-0.3, -0.25) is 19.5 Å². The Balaban J connectivity index is 2.69. The molecule has 0 saturated carbocycles. The SMILES string of the molecule is C=N/C=C(\C=C(/C)F)[C@@](C)(C(=O)NC1CCOCC1)N(C(=O)[C@H](F)Cl)c1ccc(OC(F)(F)F)cc1. The van der Waals surface area contributed by atoms with Crippen LogP contribution in [0.25, 0.3) is 0 Å². The molecular weight excluding hydrogens is 513 g/mol. The number of carbonyl (C=O) groups is 2. The lowest BCUT2D eigenvalue weighted by atomic mass is 9.86. The van der Waals surface area contributed by atoms with Crippen LogP contribution in [0, 0.1) is 0 Å².